The molecule has 0 saturated heterocycles. The predicted octanol–water partition coefficient (Wildman–Crippen LogP) is 5.15. The molecule has 9 heteroatoms. The number of rotatable bonds is 8. The molecule has 2 N–H and O–H groups in total. The van der Waals surface area contributed by atoms with E-state index in [1.54, 1.807) is 13.3 Å². The molecule has 2 amide bonds. The zero-order chi connectivity index (χ0) is 22.8. The van der Waals surface area contributed by atoms with Crippen molar-refractivity contribution in [1.82, 2.24) is 9.55 Å². The first kappa shape index (κ1) is 22.0. The maximum atomic E-state index is 13.3. The number of hydrogen-bond acceptors (Lipinski definition) is 6. The first-order chi connectivity index (χ1) is 16.1. The smallest absolute Gasteiger partial charge is 0.258 e. The molecule has 172 valence electrons. The number of aryl methyl sites for hydroxylation is 1. The van der Waals surface area contributed by atoms with Crippen LogP contribution < -0.4 is 15.4 Å². The van der Waals surface area contributed by atoms with Crippen LogP contribution in [0.5, 0.6) is 5.75 Å². The Morgan fingerprint density at radius 1 is 1.18 bits per heavy atom. The van der Waals surface area contributed by atoms with Crippen LogP contribution in [0.3, 0.4) is 0 Å². The average molecular weight is 483 g/mol. The predicted molar refractivity (Wildman–Crippen MR) is 132 cm³/mol. The fourth-order valence-corrected chi connectivity index (χ4v) is 6.23. The number of imidazole rings is 1. The SMILES string of the molecule is COc1ccc(NC(=O)c2c(NC(=O)CSc3nccn3C3CC3)sc3c2CCCC3)cc1. The topological polar surface area (TPSA) is 85.2 Å². The molecule has 33 heavy (non-hydrogen) atoms. The number of benzene rings is 1. The molecule has 2 aliphatic carbocycles. The number of hydrogen-bond donors (Lipinski definition) is 2. The number of nitrogens with zero attached hydrogens (tertiary/aromatic N) is 2. The van der Waals surface area contributed by atoms with E-state index < -0.39 is 0 Å². The van der Waals surface area contributed by atoms with Gasteiger partial charge in [-0.3, -0.25) is 9.59 Å². The Hall–Kier alpha value is -2.78. The molecule has 2 heterocycles. The van der Waals surface area contributed by atoms with Gasteiger partial charge in [-0.25, -0.2) is 4.98 Å². The molecular weight excluding hydrogens is 456 g/mol. The highest BCUT2D eigenvalue weighted by Gasteiger charge is 2.28. The van der Waals surface area contributed by atoms with Crippen LogP contribution in [0.1, 0.15) is 52.5 Å². The Bertz CT molecular complexity index is 1170. The van der Waals surface area contributed by atoms with Crippen LogP contribution in [0.25, 0.3) is 0 Å². The van der Waals surface area contributed by atoms with E-state index in [0.717, 1.165) is 42.2 Å². The van der Waals surface area contributed by atoms with Gasteiger partial charge in [-0.15, -0.1) is 11.3 Å². The zero-order valence-electron chi connectivity index (χ0n) is 18.4. The fraction of sp³-hybridized carbons (Fsp3) is 0.375. The van der Waals surface area contributed by atoms with Gasteiger partial charge in [-0.2, -0.15) is 0 Å². The Morgan fingerprint density at radius 2 is 1.97 bits per heavy atom. The number of amides is 2. The van der Waals surface area contributed by atoms with Gasteiger partial charge in [0, 0.05) is 29.0 Å². The number of thioether (sulfide) groups is 1. The highest BCUT2D eigenvalue weighted by atomic mass is 32.2. The van der Waals surface area contributed by atoms with E-state index in [-0.39, 0.29) is 17.6 Å². The summed E-state index contributed by atoms with van der Waals surface area (Å²) in [7, 11) is 1.61. The molecule has 3 aromatic rings. The van der Waals surface area contributed by atoms with Crippen molar-refractivity contribution in [2.75, 3.05) is 23.5 Å². The van der Waals surface area contributed by atoms with Gasteiger partial charge in [0.15, 0.2) is 5.16 Å². The minimum atomic E-state index is -0.188. The van der Waals surface area contributed by atoms with E-state index >= 15 is 0 Å². The maximum Gasteiger partial charge on any atom is 0.258 e. The number of aromatic nitrogens is 2. The summed E-state index contributed by atoms with van der Waals surface area (Å²) in [5.74, 6) is 0.675. The first-order valence-corrected chi connectivity index (χ1v) is 13.0. The summed E-state index contributed by atoms with van der Waals surface area (Å²) in [6.45, 7) is 0. The Morgan fingerprint density at radius 3 is 2.73 bits per heavy atom. The molecule has 1 saturated carbocycles. The third-order valence-corrected chi connectivity index (χ3v) is 8.09. The number of fused-ring (bicyclic) bond motifs is 1. The van der Waals surface area contributed by atoms with Crippen molar-refractivity contribution in [2.24, 2.45) is 0 Å². The van der Waals surface area contributed by atoms with Crippen molar-refractivity contribution in [2.45, 2.75) is 49.7 Å². The summed E-state index contributed by atoms with van der Waals surface area (Å²) >= 11 is 2.97. The van der Waals surface area contributed by atoms with Crippen LogP contribution in [-0.4, -0.2) is 34.2 Å². The molecule has 0 radical (unpaired) electrons. The average Bonchev–Trinajstić information content (AvgIpc) is 3.44. The van der Waals surface area contributed by atoms with Crippen LogP contribution >= 0.6 is 23.1 Å². The first-order valence-electron chi connectivity index (χ1n) is 11.2. The monoisotopic (exact) mass is 482 g/mol. The summed E-state index contributed by atoms with van der Waals surface area (Å²) in [6, 6.07) is 7.77. The van der Waals surface area contributed by atoms with Crippen LogP contribution in [0.15, 0.2) is 41.8 Å². The zero-order valence-corrected chi connectivity index (χ0v) is 20.1. The van der Waals surface area contributed by atoms with Crippen molar-refractivity contribution in [3.05, 3.63) is 52.7 Å². The van der Waals surface area contributed by atoms with Crippen LogP contribution in [0.4, 0.5) is 10.7 Å². The molecule has 1 fully saturated rings. The number of nitrogens with one attached hydrogen (secondary N) is 2. The van der Waals surface area contributed by atoms with Crippen LogP contribution in [0, 0.1) is 0 Å². The molecule has 1 aromatic carbocycles. The van der Waals surface area contributed by atoms with Gasteiger partial charge in [-0.05, 0) is 68.4 Å². The van der Waals surface area contributed by atoms with Crippen molar-refractivity contribution in [3.8, 4) is 5.75 Å². The molecule has 0 aliphatic heterocycles. The second kappa shape index (κ2) is 9.61. The second-order valence-electron chi connectivity index (χ2n) is 8.28. The lowest BCUT2D eigenvalue weighted by Crippen LogP contribution is -2.19. The Labute approximate surface area is 200 Å². The standard InChI is InChI=1S/C24H26N4O3S2/c1-31-17-10-6-15(7-11-17)26-22(30)21-18-4-2-3-5-19(18)33-23(21)27-20(29)14-32-24-25-12-13-28(24)16-8-9-16/h6-7,10-13,16H,2-5,8-9,14H2,1H3,(H,26,30)(H,27,29). The summed E-state index contributed by atoms with van der Waals surface area (Å²) < 4.78 is 7.34. The molecule has 2 aromatic heterocycles. The highest BCUT2D eigenvalue weighted by molar-refractivity contribution is 7.99. The van der Waals surface area contributed by atoms with Gasteiger partial charge in [0.25, 0.3) is 5.91 Å². The van der Waals surface area contributed by atoms with Crippen molar-refractivity contribution < 1.29 is 14.3 Å². The lowest BCUT2D eigenvalue weighted by Gasteiger charge is -2.13. The van der Waals surface area contributed by atoms with Gasteiger partial charge < -0.3 is 19.9 Å². The number of methoxy groups -OCH3 is 1. The van der Waals surface area contributed by atoms with Crippen molar-refractivity contribution in [1.29, 1.82) is 0 Å². The second-order valence-corrected chi connectivity index (χ2v) is 10.3. The molecule has 0 spiro atoms. The normalized spacial score (nSPS) is 15.1. The Kier molecular flexibility index (Phi) is 6.41. The van der Waals surface area contributed by atoms with Crippen molar-refractivity contribution >= 4 is 45.6 Å². The largest absolute Gasteiger partial charge is 0.497 e. The summed E-state index contributed by atoms with van der Waals surface area (Å²) in [5.41, 5.74) is 2.36. The lowest BCUT2D eigenvalue weighted by atomic mass is 9.95. The number of carbonyl (C=O) groups excluding carboxylic acids is 2. The van der Waals surface area contributed by atoms with Crippen LogP contribution in [-0.2, 0) is 17.6 Å². The highest BCUT2D eigenvalue weighted by Crippen LogP contribution is 2.39. The van der Waals surface area contributed by atoms with E-state index in [4.69, 9.17) is 4.74 Å². The maximum absolute atomic E-state index is 13.3. The molecule has 0 unspecified atom stereocenters. The number of carbonyl (C=O) groups is 2. The quantitative estimate of drug-likeness (QED) is 0.434. The van der Waals surface area contributed by atoms with Gasteiger partial charge in [0.2, 0.25) is 5.91 Å². The molecule has 5 rings (SSSR count). The fourth-order valence-electron chi connectivity index (χ4n) is 4.10. The van der Waals surface area contributed by atoms with E-state index in [1.807, 2.05) is 30.5 Å². The van der Waals surface area contributed by atoms with Gasteiger partial charge >= 0.3 is 0 Å². The summed E-state index contributed by atoms with van der Waals surface area (Å²) in [5, 5.41) is 7.52. The lowest BCUT2D eigenvalue weighted by molar-refractivity contribution is -0.113. The minimum absolute atomic E-state index is 0.123. The van der Waals surface area contributed by atoms with Gasteiger partial charge in [0.05, 0.1) is 18.4 Å². The molecule has 7 nitrogen and oxygen atoms in total. The third-order valence-electron chi connectivity index (χ3n) is 5.90. The molecule has 0 bridgehead atoms. The van der Waals surface area contributed by atoms with E-state index in [0.29, 0.717) is 22.3 Å². The third kappa shape index (κ3) is 4.94. The van der Waals surface area contributed by atoms with E-state index in [1.165, 1.54) is 40.8 Å². The summed E-state index contributed by atoms with van der Waals surface area (Å²) in [4.78, 5) is 31.7. The van der Waals surface area contributed by atoms with Gasteiger partial charge in [0.1, 0.15) is 10.8 Å². The molecule has 2 aliphatic rings. The van der Waals surface area contributed by atoms with Gasteiger partial charge in [-0.1, -0.05) is 11.8 Å². The van der Waals surface area contributed by atoms with Crippen LogP contribution in [0.2, 0.25) is 0 Å². The molecule has 0 atom stereocenters. The summed E-state index contributed by atoms with van der Waals surface area (Å²) in [6.07, 6.45) is 10.1. The minimum Gasteiger partial charge on any atom is -0.497 e. The Balaban J connectivity index is 1.31. The number of ether oxygens (including phenoxy) is 1. The number of thiophene rings is 1. The van der Waals surface area contributed by atoms with E-state index in [9.17, 15) is 9.59 Å². The van der Waals surface area contributed by atoms with Crippen molar-refractivity contribution in [3.63, 3.8) is 0 Å². The van der Waals surface area contributed by atoms with E-state index in [2.05, 4.69) is 20.2 Å². The molecular formula is C24H26N4O3S2. The number of anilines is 2.